The molecule has 1 fully saturated rings. The lowest BCUT2D eigenvalue weighted by atomic mass is 9.97. The van der Waals surface area contributed by atoms with Crippen molar-refractivity contribution in [3.63, 3.8) is 0 Å². The normalized spacial score (nSPS) is 18.5. The van der Waals surface area contributed by atoms with E-state index < -0.39 is 11.9 Å². The number of benzene rings is 1. The Hall–Kier alpha value is -1.49. The van der Waals surface area contributed by atoms with Crippen molar-refractivity contribution in [1.29, 1.82) is 0 Å². The summed E-state index contributed by atoms with van der Waals surface area (Å²) >= 11 is 1.68. The first-order valence-corrected chi connectivity index (χ1v) is 8.36. The van der Waals surface area contributed by atoms with Gasteiger partial charge >= 0.3 is 5.97 Å². The number of amides is 1. The summed E-state index contributed by atoms with van der Waals surface area (Å²) in [6, 6.07) is 7.60. The number of aliphatic carboxylic acids is 1. The van der Waals surface area contributed by atoms with Crippen molar-refractivity contribution < 1.29 is 14.7 Å². The van der Waals surface area contributed by atoms with Crippen LogP contribution in [0.4, 0.5) is 0 Å². The molecule has 21 heavy (non-hydrogen) atoms. The summed E-state index contributed by atoms with van der Waals surface area (Å²) in [5.74, 6) is -0.304. The molecule has 1 N–H and O–H groups in total. The van der Waals surface area contributed by atoms with E-state index in [1.165, 1.54) is 0 Å². The van der Waals surface area contributed by atoms with Gasteiger partial charge in [0.05, 0.1) is 11.5 Å². The molecule has 1 aromatic carbocycles. The number of likely N-dealkylation sites (tertiary alicyclic amines) is 1. The van der Waals surface area contributed by atoms with Gasteiger partial charge in [0, 0.05) is 18.0 Å². The van der Waals surface area contributed by atoms with Crippen LogP contribution in [-0.2, 0) is 4.79 Å². The quantitative estimate of drug-likeness (QED) is 0.849. The summed E-state index contributed by atoms with van der Waals surface area (Å²) in [5, 5.41) is 9.14. The van der Waals surface area contributed by atoms with Crippen LogP contribution < -0.4 is 0 Å². The van der Waals surface area contributed by atoms with Crippen LogP contribution in [0.15, 0.2) is 29.2 Å². The summed E-state index contributed by atoms with van der Waals surface area (Å²) < 4.78 is 0. The van der Waals surface area contributed by atoms with Gasteiger partial charge in [-0.15, -0.1) is 11.8 Å². The van der Waals surface area contributed by atoms with Gasteiger partial charge in [-0.25, -0.2) is 0 Å². The third-order valence-corrected chi connectivity index (χ3v) is 4.92. The van der Waals surface area contributed by atoms with Crippen LogP contribution in [0.25, 0.3) is 0 Å². The molecule has 1 aromatic rings. The van der Waals surface area contributed by atoms with Crippen LogP contribution in [0, 0.1) is 5.92 Å². The monoisotopic (exact) mass is 307 g/mol. The number of piperidine rings is 1. The van der Waals surface area contributed by atoms with Crippen LogP contribution in [0.2, 0.25) is 0 Å². The van der Waals surface area contributed by atoms with E-state index >= 15 is 0 Å². The van der Waals surface area contributed by atoms with Crippen LogP contribution in [0.5, 0.6) is 0 Å². The standard InChI is InChI=1S/C16H21NO3S/c1-2-10-21-14-8-4-3-7-13(14)15(18)17-9-5-6-12(11-17)16(19)20/h3-4,7-8,12H,2,5-6,9-11H2,1H3,(H,19,20)/t12-/m1/s1. The largest absolute Gasteiger partial charge is 0.481 e. The number of thioether (sulfide) groups is 1. The lowest BCUT2D eigenvalue weighted by Gasteiger charge is -2.31. The fraction of sp³-hybridized carbons (Fsp3) is 0.500. The van der Waals surface area contributed by atoms with Crippen molar-refractivity contribution >= 4 is 23.6 Å². The minimum atomic E-state index is -0.804. The maximum absolute atomic E-state index is 12.7. The zero-order chi connectivity index (χ0) is 15.2. The first-order valence-electron chi connectivity index (χ1n) is 7.37. The molecule has 5 heteroatoms. The molecule has 0 radical (unpaired) electrons. The van der Waals surface area contributed by atoms with Gasteiger partial charge in [0.15, 0.2) is 0 Å². The van der Waals surface area contributed by atoms with E-state index in [9.17, 15) is 9.59 Å². The highest BCUT2D eigenvalue weighted by Crippen LogP contribution is 2.26. The molecule has 1 saturated heterocycles. The number of rotatable bonds is 5. The summed E-state index contributed by atoms with van der Waals surface area (Å²) in [6.45, 7) is 3.08. The maximum atomic E-state index is 12.7. The Bertz CT molecular complexity index is 518. The van der Waals surface area contributed by atoms with Gasteiger partial charge in [-0.3, -0.25) is 9.59 Å². The smallest absolute Gasteiger partial charge is 0.308 e. The molecule has 1 heterocycles. The molecule has 4 nitrogen and oxygen atoms in total. The predicted octanol–water partition coefficient (Wildman–Crippen LogP) is 3.13. The minimum absolute atomic E-state index is 0.0415. The topological polar surface area (TPSA) is 57.6 Å². The van der Waals surface area contributed by atoms with Gasteiger partial charge in [-0.2, -0.15) is 0 Å². The first kappa shape index (κ1) is 15.9. The Kier molecular flexibility index (Phi) is 5.67. The van der Waals surface area contributed by atoms with Crippen LogP contribution in [0.1, 0.15) is 36.5 Å². The number of hydrogen-bond donors (Lipinski definition) is 1. The van der Waals surface area contributed by atoms with Gasteiger partial charge in [0.1, 0.15) is 0 Å². The summed E-state index contributed by atoms with van der Waals surface area (Å²) in [4.78, 5) is 26.5. The van der Waals surface area contributed by atoms with E-state index in [-0.39, 0.29) is 5.91 Å². The average molecular weight is 307 g/mol. The zero-order valence-corrected chi connectivity index (χ0v) is 13.1. The molecule has 0 unspecified atom stereocenters. The molecule has 0 bridgehead atoms. The van der Waals surface area contributed by atoms with Crippen LogP contribution in [-0.4, -0.2) is 40.7 Å². The second-order valence-electron chi connectivity index (χ2n) is 5.27. The summed E-state index contributed by atoms with van der Waals surface area (Å²) in [5.41, 5.74) is 0.696. The number of carbonyl (C=O) groups excluding carboxylic acids is 1. The molecular weight excluding hydrogens is 286 g/mol. The van der Waals surface area contributed by atoms with Gasteiger partial charge < -0.3 is 10.0 Å². The van der Waals surface area contributed by atoms with E-state index in [2.05, 4.69) is 6.92 Å². The fourth-order valence-electron chi connectivity index (χ4n) is 2.51. The number of carbonyl (C=O) groups is 2. The molecule has 0 aromatic heterocycles. The molecule has 1 atom stereocenters. The Morgan fingerprint density at radius 1 is 1.38 bits per heavy atom. The molecule has 0 saturated carbocycles. The van der Waals surface area contributed by atoms with Crippen molar-refractivity contribution in [3.05, 3.63) is 29.8 Å². The molecule has 1 aliphatic rings. The van der Waals surface area contributed by atoms with Crippen LogP contribution >= 0.6 is 11.8 Å². The molecular formula is C16H21NO3S. The van der Waals surface area contributed by atoms with Crippen molar-refractivity contribution in [3.8, 4) is 0 Å². The zero-order valence-electron chi connectivity index (χ0n) is 12.2. The van der Waals surface area contributed by atoms with E-state index in [4.69, 9.17) is 5.11 Å². The lowest BCUT2D eigenvalue weighted by molar-refractivity contribution is -0.143. The highest BCUT2D eigenvalue weighted by atomic mass is 32.2. The third kappa shape index (κ3) is 4.00. The van der Waals surface area contributed by atoms with E-state index in [0.29, 0.717) is 25.1 Å². The number of hydrogen-bond acceptors (Lipinski definition) is 3. The Morgan fingerprint density at radius 2 is 2.14 bits per heavy atom. The lowest BCUT2D eigenvalue weighted by Crippen LogP contribution is -2.42. The van der Waals surface area contributed by atoms with Gasteiger partial charge in [-0.05, 0) is 37.1 Å². The number of nitrogens with zero attached hydrogens (tertiary/aromatic N) is 1. The van der Waals surface area contributed by atoms with Crippen molar-refractivity contribution in [2.24, 2.45) is 5.92 Å². The number of carboxylic acids is 1. The predicted molar refractivity (Wildman–Crippen MR) is 83.7 cm³/mol. The summed E-state index contributed by atoms with van der Waals surface area (Å²) in [6.07, 6.45) is 2.47. The first-order chi connectivity index (χ1) is 10.1. The third-order valence-electron chi connectivity index (χ3n) is 3.64. The Labute approximate surface area is 129 Å². The maximum Gasteiger partial charge on any atom is 0.308 e. The molecule has 1 aliphatic heterocycles. The average Bonchev–Trinajstić information content (AvgIpc) is 2.52. The van der Waals surface area contributed by atoms with E-state index in [1.807, 2.05) is 24.3 Å². The summed E-state index contributed by atoms with van der Waals surface area (Å²) in [7, 11) is 0. The minimum Gasteiger partial charge on any atom is -0.481 e. The van der Waals surface area contributed by atoms with Gasteiger partial charge in [0.2, 0.25) is 0 Å². The molecule has 0 aliphatic carbocycles. The second kappa shape index (κ2) is 7.50. The van der Waals surface area contributed by atoms with Crippen molar-refractivity contribution in [1.82, 2.24) is 4.90 Å². The SMILES string of the molecule is CCCSc1ccccc1C(=O)N1CCC[C@@H](C(=O)O)C1. The Balaban J connectivity index is 2.14. The fourth-order valence-corrected chi connectivity index (χ4v) is 3.42. The highest BCUT2D eigenvalue weighted by molar-refractivity contribution is 7.99. The molecule has 1 amide bonds. The van der Waals surface area contributed by atoms with Crippen molar-refractivity contribution in [2.45, 2.75) is 31.1 Å². The van der Waals surface area contributed by atoms with Crippen molar-refractivity contribution in [2.75, 3.05) is 18.8 Å². The Morgan fingerprint density at radius 3 is 2.86 bits per heavy atom. The molecule has 114 valence electrons. The molecule has 2 rings (SSSR count). The second-order valence-corrected chi connectivity index (χ2v) is 6.41. The van der Waals surface area contributed by atoms with Crippen LogP contribution in [0.3, 0.4) is 0 Å². The van der Waals surface area contributed by atoms with E-state index in [1.54, 1.807) is 16.7 Å². The van der Waals surface area contributed by atoms with Gasteiger partial charge in [0.25, 0.3) is 5.91 Å². The number of carboxylic acid groups (broad SMARTS) is 1. The van der Waals surface area contributed by atoms with E-state index in [0.717, 1.165) is 23.5 Å². The highest BCUT2D eigenvalue weighted by Gasteiger charge is 2.29. The van der Waals surface area contributed by atoms with Gasteiger partial charge in [-0.1, -0.05) is 19.1 Å². The molecule has 0 spiro atoms.